The van der Waals surface area contributed by atoms with Crippen molar-refractivity contribution in [2.24, 2.45) is 5.73 Å². The number of piperazine rings is 1. The number of carbonyl (C=O) groups is 1. The van der Waals surface area contributed by atoms with Gasteiger partial charge >= 0.3 is 0 Å². The lowest BCUT2D eigenvalue weighted by atomic mass is 10.1. The van der Waals surface area contributed by atoms with Crippen LogP contribution in [0, 0.1) is 0 Å². The average molecular weight is 312 g/mol. The first kappa shape index (κ1) is 15.3. The van der Waals surface area contributed by atoms with Gasteiger partial charge in [-0.15, -0.1) is 0 Å². The Kier molecular flexibility index (Phi) is 4.43. The average Bonchev–Trinajstić information content (AvgIpc) is 2.58. The van der Waals surface area contributed by atoms with Gasteiger partial charge in [0.25, 0.3) is 5.91 Å². The van der Waals surface area contributed by atoms with Crippen molar-refractivity contribution in [3.63, 3.8) is 0 Å². The summed E-state index contributed by atoms with van der Waals surface area (Å²) in [7, 11) is 0. The summed E-state index contributed by atoms with van der Waals surface area (Å²) in [6.07, 6.45) is 1.69. The van der Waals surface area contributed by atoms with Crippen LogP contribution in [0.5, 0.6) is 5.75 Å². The van der Waals surface area contributed by atoms with Crippen molar-refractivity contribution in [3.8, 4) is 5.75 Å². The Morgan fingerprint density at radius 1 is 1.13 bits per heavy atom. The molecule has 0 spiro atoms. The molecule has 120 valence electrons. The second-order valence-electron chi connectivity index (χ2n) is 5.67. The molecule has 1 aliphatic heterocycles. The zero-order chi connectivity index (χ0) is 16.2. The predicted molar refractivity (Wildman–Crippen MR) is 88.4 cm³/mol. The van der Waals surface area contributed by atoms with E-state index in [1.807, 2.05) is 12.1 Å². The van der Waals surface area contributed by atoms with Gasteiger partial charge in [0.15, 0.2) is 0 Å². The third kappa shape index (κ3) is 3.60. The highest BCUT2D eigenvalue weighted by molar-refractivity contribution is 5.97. The molecule has 1 fully saturated rings. The van der Waals surface area contributed by atoms with Crippen LogP contribution in [-0.2, 0) is 6.54 Å². The Morgan fingerprint density at radius 3 is 2.48 bits per heavy atom. The van der Waals surface area contributed by atoms with Crippen LogP contribution < -0.4 is 10.6 Å². The number of benzene rings is 1. The lowest BCUT2D eigenvalue weighted by molar-refractivity contribution is 0.1000. The fraction of sp³-hybridized carbons (Fsp3) is 0.294. The van der Waals surface area contributed by atoms with E-state index in [1.165, 1.54) is 5.56 Å². The van der Waals surface area contributed by atoms with E-state index in [0.29, 0.717) is 11.4 Å². The highest BCUT2D eigenvalue weighted by Gasteiger charge is 2.21. The Hall–Kier alpha value is -2.60. The standard InChI is InChI=1S/C17H20N4O2/c18-16(23)15-2-1-7-19-17(15)21-10-8-20(9-11-21)12-13-3-5-14(22)6-4-13/h1-7,22H,8-12H2,(H2,18,23). The summed E-state index contributed by atoms with van der Waals surface area (Å²) in [5.74, 6) is 0.511. The lowest BCUT2D eigenvalue weighted by Crippen LogP contribution is -2.46. The number of pyridine rings is 1. The molecule has 3 N–H and O–H groups in total. The van der Waals surface area contributed by atoms with E-state index in [4.69, 9.17) is 5.73 Å². The topological polar surface area (TPSA) is 82.7 Å². The van der Waals surface area contributed by atoms with Gasteiger partial charge in [-0.3, -0.25) is 9.69 Å². The van der Waals surface area contributed by atoms with Crippen LogP contribution in [-0.4, -0.2) is 47.1 Å². The summed E-state index contributed by atoms with van der Waals surface area (Å²) in [4.78, 5) is 20.3. The van der Waals surface area contributed by atoms with Crippen molar-refractivity contribution in [3.05, 3.63) is 53.7 Å². The smallest absolute Gasteiger partial charge is 0.252 e. The second kappa shape index (κ2) is 6.66. The molecule has 23 heavy (non-hydrogen) atoms. The predicted octanol–water partition coefficient (Wildman–Crippen LogP) is 1.21. The molecular formula is C17H20N4O2. The number of nitrogens with two attached hydrogens (primary N) is 1. The molecule has 3 rings (SSSR count). The van der Waals surface area contributed by atoms with Crippen molar-refractivity contribution in [1.29, 1.82) is 0 Å². The van der Waals surface area contributed by atoms with Crippen LogP contribution in [0.1, 0.15) is 15.9 Å². The Morgan fingerprint density at radius 2 is 1.83 bits per heavy atom. The number of hydrogen-bond donors (Lipinski definition) is 2. The number of hydrogen-bond acceptors (Lipinski definition) is 5. The number of phenolic OH excluding ortho intramolecular Hbond substituents is 1. The van der Waals surface area contributed by atoms with Crippen LogP contribution in [0.3, 0.4) is 0 Å². The van der Waals surface area contributed by atoms with Crippen molar-refractivity contribution in [2.75, 3.05) is 31.1 Å². The molecule has 2 aromatic rings. The maximum absolute atomic E-state index is 11.5. The van der Waals surface area contributed by atoms with E-state index in [0.717, 1.165) is 32.7 Å². The van der Waals surface area contributed by atoms with Gasteiger partial charge in [0.05, 0.1) is 5.56 Å². The zero-order valence-corrected chi connectivity index (χ0v) is 12.9. The highest BCUT2D eigenvalue weighted by atomic mass is 16.3. The molecule has 1 aromatic heterocycles. The van der Waals surface area contributed by atoms with Gasteiger partial charge in [-0.05, 0) is 29.8 Å². The summed E-state index contributed by atoms with van der Waals surface area (Å²) in [6, 6.07) is 10.7. The highest BCUT2D eigenvalue weighted by Crippen LogP contribution is 2.19. The fourth-order valence-electron chi connectivity index (χ4n) is 2.82. The number of nitrogens with zero attached hydrogens (tertiary/aromatic N) is 3. The molecule has 0 unspecified atom stereocenters. The SMILES string of the molecule is NC(=O)c1cccnc1N1CCN(Cc2ccc(O)cc2)CC1. The lowest BCUT2D eigenvalue weighted by Gasteiger charge is -2.36. The minimum atomic E-state index is -0.445. The molecule has 2 heterocycles. The fourth-order valence-corrected chi connectivity index (χ4v) is 2.82. The van der Waals surface area contributed by atoms with Crippen molar-refractivity contribution in [1.82, 2.24) is 9.88 Å². The van der Waals surface area contributed by atoms with Gasteiger partial charge in [-0.25, -0.2) is 4.98 Å². The van der Waals surface area contributed by atoms with Crippen LogP contribution in [0.2, 0.25) is 0 Å². The number of aromatic nitrogens is 1. The van der Waals surface area contributed by atoms with Gasteiger partial charge in [0.1, 0.15) is 11.6 Å². The van der Waals surface area contributed by atoms with Gasteiger partial charge in [0, 0.05) is 38.9 Å². The Bertz CT molecular complexity index is 679. The number of rotatable bonds is 4. The number of phenols is 1. The number of aromatic hydroxyl groups is 1. The minimum Gasteiger partial charge on any atom is -0.508 e. The summed E-state index contributed by atoms with van der Waals surface area (Å²) in [5, 5.41) is 9.33. The molecule has 1 aromatic carbocycles. The number of amides is 1. The molecule has 0 saturated carbocycles. The first-order valence-corrected chi connectivity index (χ1v) is 7.63. The van der Waals surface area contributed by atoms with E-state index in [1.54, 1.807) is 30.5 Å². The first-order chi connectivity index (χ1) is 11.1. The summed E-state index contributed by atoms with van der Waals surface area (Å²) < 4.78 is 0. The van der Waals surface area contributed by atoms with Crippen LogP contribution in [0.4, 0.5) is 5.82 Å². The van der Waals surface area contributed by atoms with E-state index in [9.17, 15) is 9.90 Å². The third-order valence-corrected chi connectivity index (χ3v) is 4.07. The molecular weight excluding hydrogens is 292 g/mol. The van der Waals surface area contributed by atoms with Gasteiger partial charge in [0.2, 0.25) is 0 Å². The van der Waals surface area contributed by atoms with Crippen molar-refractivity contribution >= 4 is 11.7 Å². The van der Waals surface area contributed by atoms with Crippen LogP contribution in [0.25, 0.3) is 0 Å². The van der Waals surface area contributed by atoms with Crippen molar-refractivity contribution < 1.29 is 9.90 Å². The van der Waals surface area contributed by atoms with E-state index in [-0.39, 0.29) is 5.75 Å². The number of anilines is 1. The Labute approximate surface area is 135 Å². The summed E-state index contributed by atoms with van der Waals surface area (Å²) in [5.41, 5.74) is 7.07. The molecule has 1 amide bonds. The van der Waals surface area contributed by atoms with Crippen LogP contribution in [0.15, 0.2) is 42.6 Å². The number of primary amides is 1. The zero-order valence-electron chi connectivity index (χ0n) is 12.9. The maximum Gasteiger partial charge on any atom is 0.252 e. The third-order valence-electron chi connectivity index (χ3n) is 4.07. The Balaban J connectivity index is 1.62. The van der Waals surface area contributed by atoms with E-state index < -0.39 is 5.91 Å². The first-order valence-electron chi connectivity index (χ1n) is 7.63. The van der Waals surface area contributed by atoms with Crippen LogP contribution >= 0.6 is 0 Å². The molecule has 6 heteroatoms. The summed E-state index contributed by atoms with van der Waals surface area (Å²) in [6.45, 7) is 4.22. The molecule has 0 atom stereocenters. The molecule has 0 aliphatic carbocycles. The molecule has 6 nitrogen and oxygen atoms in total. The maximum atomic E-state index is 11.5. The van der Waals surface area contributed by atoms with Gasteiger partial charge < -0.3 is 15.7 Å². The van der Waals surface area contributed by atoms with E-state index in [2.05, 4.69) is 14.8 Å². The van der Waals surface area contributed by atoms with Crippen molar-refractivity contribution in [2.45, 2.75) is 6.54 Å². The van der Waals surface area contributed by atoms with Gasteiger partial charge in [-0.1, -0.05) is 12.1 Å². The molecule has 0 radical (unpaired) electrons. The minimum absolute atomic E-state index is 0.285. The normalized spacial score (nSPS) is 15.6. The monoisotopic (exact) mass is 312 g/mol. The van der Waals surface area contributed by atoms with Gasteiger partial charge in [-0.2, -0.15) is 0 Å². The molecule has 1 aliphatic rings. The molecule has 1 saturated heterocycles. The summed E-state index contributed by atoms with van der Waals surface area (Å²) >= 11 is 0. The second-order valence-corrected chi connectivity index (χ2v) is 5.67. The largest absolute Gasteiger partial charge is 0.508 e. The quantitative estimate of drug-likeness (QED) is 0.886. The van der Waals surface area contributed by atoms with E-state index >= 15 is 0 Å². The number of carbonyl (C=O) groups excluding carboxylic acids is 1. The molecule has 0 bridgehead atoms.